The molecule has 1 aliphatic rings. The number of hydrogen-bond donors (Lipinski definition) is 1. The van der Waals surface area contributed by atoms with E-state index in [1.165, 1.54) is 5.56 Å². The van der Waals surface area contributed by atoms with Gasteiger partial charge in [0.1, 0.15) is 6.04 Å². The van der Waals surface area contributed by atoms with Crippen molar-refractivity contribution in [1.82, 2.24) is 5.32 Å². The molecule has 1 heterocycles. The molecule has 0 spiro atoms. The number of carbonyl (C=O) groups excluding carboxylic acids is 1. The first kappa shape index (κ1) is 12.6. The lowest BCUT2D eigenvalue weighted by Crippen LogP contribution is -2.15. The van der Waals surface area contributed by atoms with E-state index in [4.69, 9.17) is 10.00 Å². The van der Waals surface area contributed by atoms with Gasteiger partial charge >= 0.3 is 5.97 Å². The van der Waals surface area contributed by atoms with Gasteiger partial charge in [-0.3, -0.25) is 10.1 Å². The van der Waals surface area contributed by atoms with Crippen LogP contribution >= 0.6 is 0 Å². The van der Waals surface area contributed by atoms with Crippen molar-refractivity contribution in [3.63, 3.8) is 0 Å². The molecule has 4 heteroatoms. The molecule has 1 aliphatic heterocycles. The molecule has 0 saturated carbocycles. The Morgan fingerprint density at radius 2 is 2.17 bits per heavy atom. The molecule has 0 radical (unpaired) electrons. The molecule has 2 unspecified atom stereocenters. The largest absolute Gasteiger partial charge is 0.465 e. The second-order valence-corrected chi connectivity index (χ2v) is 4.35. The van der Waals surface area contributed by atoms with Gasteiger partial charge in [0.05, 0.1) is 18.2 Å². The van der Waals surface area contributed by atoms with Gasteiger partial charge in [0.15, 0.2) is 0 Å². The first-order valence-corrected chi connectivity index (χ1v) is 6.16. The zero-order valence-corrected chi connectivity index (χ0v) is 10.3. The van der Waals surface area contributed by atoms with Crippen LogP contribution in [0.3, 0.4) is 0 Å². The van der Waals surface area contributed by atoms with E-state index < -0.39 is 0 Å². The SMILES string of the molecule is CCOC(=O)C1NC1CCc1ccc(C#N)cc1. The highest BCUT2D eigenvalue weighted by Gasteiger charge is 2.42. The number of nitrogens with zero attached hydrogens (tertiary/aromatic N) is 1. The molecule has 2 rings (SSSR count). The lowest BCUT2D eigenvalue weighted by molar-refractivity contribution is -0.142. The van der Waals surface area contributed by atoms with Gasteiger partial charge in [-0.15, -0.1) is 0 Å². The average molecular weight is 244 g/mol. The second kappa shape index (κ2) is 5.65. The van der Waals surface area contributed by atoms with E-state index in [2.05, 4.69) is 11.4 Å². The van der Waals surface area contributed by atoms with Gasteiger partial charge in [-0.25, -0.2) is 0 Å². The molecule has 1 aromatic rings. The molecule has 1 aromatic carbocycles. The molecule has 0 bridgehead atoms. The maximum atomic E-state index is 11.4. The predicted molar refractivity (Wildman–Crippen MR) is 66.8 cm³/mol. The van der Waals surface area contributed by atoms with Crippen molar-refractivity contribution in [2.24, 2.45) is 0 Å². The number of nitriles is 1. The van der Waals surface area contributed by atoms with Crippen molar-refractivity contribution in [1.29, 1.82) is 5.26 Å². The monoisotopic (exact) mass is 244 g/mol. The summed E-state index contributed by atoms with van der Waals surface area (Å²) in [6.07, 6.45) is 1.81. The predicted octanol–water partition coefficient (Wildman–Crippen LogP) is 1.39. The molecule has 4 nitrogen and oxygen atoms in total. The number of carbonyl (C=O) groups is 1. The Balaban J connectivity index is 1.76. The number of benzene rings is 1. The van der Waals surface area contributed by atoms with E-state index in [0.717, 1.165) is 12.8 Å². The second-order valence-electron chi connectivity index (χ2n) is 4.35. The molecule has 2 atom stereocenters. The Labute approximate surface area is 107 Å². The zero-order valence-electron chi connectivity index (χ0n) is 10.3. The fourth-order valence-electron chi connectivity index (χ4n) is 1.96. The summed E-state index contributed by atoms with van der Waals surface area (Å²) in [5.41, 5.74) is 1.86. The van der Waals surface area contributed by atoms with Crippen LogP contribution in [0.25, 0.3) is 0 Å². The van der Waals surface area contributed by atoms with Crippen LogP contribution in [-0.2, 0) is 16.0 Å². The minimum absolute atomic E-state index is 0.122. The number of rotatable bonds is 5. The maximum Gasteiger partial charge on any atom is 0.324 e. The van der Waals surface area contributed by atoms with E-state index in [0.29, 0.717) is 12.2 Å². The van der Waals surface area contributed by atoms with Gasteiger partial charge < -0.3 is 4.74 Å². The smallest absolute Gasteiger partial charge is 0.324 e. The van der Waals surface area contributed by atoms with E-state index in [9.17, 15) is 4.79 Å². The van der Waals surface area contributed by atoms with Crippen LogP contribution in [0.15, 0.2) is 24.3 Å². The minimum atomic E-state index is -0.151. The van der Waals surface area contributed by atoms with Crippen LogP contribution in [0.2, 0.25) is 0 Å². The van der Waals surface area contributed by atoms with E-state index in [-0.39, 0.29) is 18.1 Å². The maximum absolute atomic E-state index is 11.4. The lowest BCUT2D eigenvalue weighted by Gasteiger charge is -2.00. The molecular formula is C14H16N2O2. The summed E-state index contributed by atoms with van der Waals surface area (Å²) in [7, 11) is 0. The van der Waals surface area contributed by atoms with Crippen LogP contribution in [0, 0.1) is 11.3 Å². The minimum Gasteiger partial charge on any atom is -0.465 e. The van der Waals surface area contributed by atoms with Gasteiger partial charge in [0.2, 0.25) is 0 Å². The normalized spacial score (nSPS) is 21.1. The zero-order chi connectivity index (χ0) is 13.0. The van der Waals surface area contributed by atoms with E-state index >= 15 is 0 Å². The van der Waals surface area contributed by atoms with Crippen molar-refractivity contribution in [2.45, 2.75) is 31.8 Å². The van der Waals surface area contributed by atoms with E-state index in [1.807, 2.05) is 31.2 Å². The number of nitrogens with one attached hydrogen (secondary N) is 1. The summed E-state index contributed by atoms with van der Waals surface area (Å²) < 4.78 is 4.94. The topological polar surface area (TPSA) is 72.0 Å². The van der Waals surface area contributed by atoms with Crippen molar-refractivity contribution in [3.05, 3.63) is 35.4 Å². The molecule has 0 amide bonds. The van der Waals surface area contributed by atoms with Crippen LogP contribution in [0.1, 0.15) is 24.5 Å². The van der Waals surface area contributed by atoms with Crippen LogP contribution < -0.4 is 5.32 Å². The van der Waals surface area contributed by atoms with Crippen LogP contribution in [-0.4, -0.2) is 24.7 Å². The van der Waals surface area contributed by atoms with E-state index in [1.54, 1.807) is 0 Å². The Bertz CT molecular complexity index is 462. The highest BCUT2D eigenvalue weighted by atomic mass is 16.5. The molecular weight excluding hydrogens is 228 g/mol. The fraction of sp³-hybridized carbons (Fsp3) is 0.429. The van der Waals surface area contributed by atoms with Crippen molar-refractivity contribution in [3.8, 4) is 6.07 Å². The Kier molecular flexibility index (Phi) is 3.96. The fourth-order valence-corrected chi connectivity index (χ4v) is 1.96. The van der Waals surface area contributed by atoms with Gasteiger partial charge in [-0.05, 0) is 37.5 Å². The highest BCUT2D eigenvalue weighted by Crippen LogP contribution is 2.19. The van der Waals surface area contributed by atoms with Crippen molar-refractivity contribution < 1.29 is 9.53 Å². The van der Waals surface area contributed by atoms with Gasteiger partial charge in [0.25, 0.3) is 0 Å². The summed E-state index contributed by atoms with van der Waals surface area (Å²) in [5, 5.41) is 11.8. The third kappa shape index (κ3) is 3.08. The molecule has 1 saturated heterocycles. The average Bonchev–Trinajstić information content (AvgIpc) is 3.17. The summed E-state index contributed by atoms with van der Waals surface area (Å²) >= 11 is 0. The lowest BCUT2D eigenvalue weighted by atomic mass is 10.1. The summed E-state index contributed by atoms with van der Waals surface area (Å²) in [5.74, 6) is -0.151. The Morgan fingerprint density at radius 1 is 1.44 bits per heavy atom. The summed E-state index contributed by atoms with van der Waals surface area (Å²) in [4.78, 5) is 11.4. The third-order valence-electron chi connectivity index (χ3n) is 3.05. The highest BCUT2D eigenvalue weighted by molar-refractivity contribution is 5.80. The van der Waals surface area contributed by atoms with Crippen molar-refractivity contribution >= 4 is 5.97 Å². The summed E-state index contributed by atoms with van der Waals surface area (Å²) in [6.45, 7) is 2.24. The molecule has 1 N–H and O–H groups in total. The molecule has 94 valence electrons. The number of ether oxygens (including phenoxy) is 1. The third-order valence-corrected chi connectivity index (χ3v) is 3.05. The number of esters is 1. The molecule has 0 aliphatic carbocycles. The van der Waals surface area contributed by atoms with Gasteiger partial charge in [0, 0.05) is 6.04 Å². The first-order valence-electron chi connectivity index (χ1n) is 6.16. The molecule has 1 fully saturated rings. The van der Waals surface area contributed by atoms with Crippen LogP contribution in [0.4, 0.5) is 0 Å². The quantitative estimate of drug-likeness (QED) is 0.627. The Hall–Kier alpha value is -1.86. The standard InChI is InChI=1S/C14H16N2O2/c1-2-18-14(17)13-12(16-13)8-7-10-3-5-11(9-15)6-4-10/h3-6,12-13,16H,2,7-8H2,1H3. The first-order chi connectivity index (χ1) is 8.74. The Morgan fingerprint density at radius 3 is 2.78 bits per heavy atom. The van der Waals surface area contributed by atoms with Crippen molar-refractivity contribution in [2.75, 3.05) is 6.61 Å². The molecule has 18 heavy (non-hydrogen) atoms. The number of aryl methyl sites for hydroxylation is 1. The van der Waals surface area contributed by atoms with Gasteiger partial charge in [-0.2, -0.15) is 5.26 Å². The van der Waals surface area contributed by atoms with Crippen LogP contribution in [0.5, 0.6) is 0 Å². The number of hydrogen-bond acceptors (Lipinski definition) is 4. The van der Waals surface area contributed by atoms with Gasteiger partial charge in [-0.1, -0.05) is 12.1 Å². The summed E-state index contributed by atoms with van der Waals surface area (Å²) in [6, 6.07) is 9.76. The molecule has 0 aromatic heterocycles.